The Kier molecular flexibility index (Phi) is 9.51. The highest BCUT2D eigenvalue weighted by atomic mass is 32.2. The van der Waals surface area contributed by atoms with Crippen molar-refractivity contribution in [3.05, 3.63) is 156 Å². The maximum Gasteiger partial charge on any atom is 0.272 e. The van der Waals surface area contributed by atoms with E-state index in [1.54, 1.807) is 48.5 Å². The van der Waals surface area contributed by atoms with Crippen molar-refractivity contribution in [2.45, 2.75) is 17.1 Å². The van der Waals surface area contributed by atoms with Gasteiger partial charge in [-0.15, -0.1) is 11.8 Å². The van der Waals surface area contributed by atoms with Gasteiger partial charge in [-0.1, -0.05) is 60.7 Å². The minimum atomic E-state index is -0.513. The van der Waals surface area contributed by atoms with E-state index in [4.69, 9.17) is 4.42 Å². The summed E-state index contributed by atoms with van der Waals surface area (Å²) in [5, 5.41) is 8.05. The first kappa shape index (κ1) is 29.2. The fourth-order valence-corrected chi connectivity index (χ4v) is 5.27. The van der Waals surface area contributed by atoms with E-state index >= 15 is 0 Å². The Bertz CT molecular complexity index is 1720. The van der Waals surface area contributed by atoms with E-state index < -0.39 is 17.1 Å². The number of furan rings is 1. The van der Waals surface area contributed by atoms with E-state index in [2.05, 4.69) is 16.0 Å². The van der Waals surface area contributed by atoms with Gasteiger partial charge >= 0.3 is 0 Å². The third kappa shape index (κ3) is 8.12. The van der Waals surface area contributed by atoms with E-state index in [1.165, 1.54) is 24.1 Å². The van der Waals surface area contributed by atoms with Crippen molar-refractivity contribution in [2.24, 2.45) is 0 Å². The van der Waals surface area contributed by atoms with Crippen molar-refractivity contribution in [3.63, 3.8) is 0 Å². The van der Waals surface area contributed by atoms with E-state index in [-0.39, 0.29) is 11.6 Å². The first-order chi connectivity index (χ1) is 20.9. The minimum Gasteiger partial charge on any atom is -0.465 e. The zero-order valence-electron chi connectivity index (χ0n) is 23.3. The standard InChI is InChI=1S/C35H29N3O4S/c1-24-10-8-15-28(22-24)37-35(41)32(25-11-4-2-5-12-25)43-30-19-17-27(18-20-30)36-34(40)31(23-29-16-9-21-42-29)38-33(39)26-13-6-3-7-14-26/h2-23,32H,1H3,(H,36,40)(H,37,41)(H,38,39)/b31-23-. The van der Waals surface area contributed by atoms with Gasteiger partial charge in [0.15, 0.2) is 0 Å². The number of carbonyl (C=O) groups is 3. The first-order valence-corrected chi connectivity index (χ1v) is 14.4. The number of amides is 3. The monoisotopic (exact) mass is 587 g/mol. The van der Waals surface area contributed by atoms with Gasteiger partial charge in [0.25, 0.3) is 11.8 Å². The molecule has 0 spiro atoms. The number of carbonyl (C=O) groups excluding carboxylic acids is 3. The highest BCUT2D eigenvalue weighted by Crippen LogP contribution is 2.36. The Labute approximate surface area is 254 Å². The lowest BCUT2D eigenvalue weighted by atomic mass is 10.1. The molecule has 5 aromatic rings. The Balaban J connectivity index is 1.30. The van der Waals surface area contributed by atoms with Crippen molar-refractivity contribution in [3.8, 4) is 0 Å². The minimum absolute atomic E-state index is 0.0271. The molecule has 0 aliphatic carbocycles. The second-order valence-corrected chi connectivity index (χ2v) is 10.8. The molecule has 7 nitrogen and oxygen atoms in total. The molecule has 3 amide bonds. The molecule has 4 aromatic carbocycles. The van der Waals surface area contributed by atoms with Crippen LogP contribution in [0.15, 0.2) is 143 Å². The zero-order valence-corrected chi connectivity index (χ0v) is 24.1. The predicted octanol–water partition coefficient (Wildman–Crippen LogP) is 7.47. The molecule has 3 N–H and O–H groups in total. The second kappa shape index (κ2) is 14.0. The highest BCUT2D eigenvalue weighted by molar-refractivity contribution is 8.00. The zero-order chi connectivity index (χ0) is 30.0. The summed E-state index contributed by atoms with van der Waals surface area (Å²) < 4.78 is 5.36. The SMILES string of the molecule is Cc1cccc(NC(=O)C(Sc2ccc(NC(=O)/C(=C/c3ccco3)NC(=O)c3ccccc3)cc2)c2ccccc2)c1. The molecule has 0 saturated carbocycles. The first-order valence-electron chi connectivity index (χ1n) is 13.6. The van der Waals surface area contributed by atoms with Crippen LogP contribution in [0.25, 0.3) is 6.08 Å². The molecule has 214 valence electrons. The van der Waals surface area contributed by atoms with Crippen LogP contribution < -0.4 is 16.0 Å². The van der Waals surface area contributed by atoms with Crippen LogP contribution in [0, 0.1) is 6.92 Å². The molecule has 1 aromatic heterocycles. The van der Waals surface area contributed by atoms with Crippen LogP contribution in [0.2, 0.25) is 0 Å². The van der Waals surface area contributed by atoms with E-state index in [0.29, 0.717) is 17.0 Å². The highest BCUT2D eigenvalue weighted by Gasteiger charge is 2.22. The molecule has 1 atom stereocenters. The van der Waals surface area contributed by atoms with Gasteiger partial charge < -0.3 is 20.4 Å². The van der Waals surface area contributed by atoms with Gasteiger partial charge in [0, 0.05) is 27.9 Å². The Morgan fingerprint density at radius 1 is 0.744 bits per heavy atom. The van der Waals surface area contributed by atoms with E-state index in [9.17, 15) is 14.4 Å². The normalized spacial score (nSPS) is 11.8. The lowest BCUT2D eigenvalue weighted by molar-refractivity contribution is -0.116. The molecule has 0 saturated heterocycles. The molecule has 8 heteroatoms. The van der Waals surface area contributed by atoms with Gasteiger partial charge in [-0.3, -0.25) is 14.4 Å². The quantitative estimate of drug-likeness (QED) is 0.116. The summed E-state index contributed by atoms with van der Waals surface area (Å²) >= 11 is 1.41. The van der Waals surface area contributed by atoms with Crippen LogP contribution in [-0.2, 0) is 9.59 Å². The summed E-state index contributed by atoms with van der Waals surface area (Å²) in [5.41, 5.74) is 3.63. The molecular weight excluding hydrogens is 558 g/mol. The third-order valence-electron chi connectivity index (χ3n) is 6.35. The molecule has 0 radical (unpaired) electrons. The molecule has 1 heterocycles. The van der Waals surface area contributed by atoms with Gasteiger partial charge in [-0.2, -0.15) is 0 Å². The fourth-order valence-electron chi connectivity index (χ4n) is 4.24. The Morgan fingerprint density at radius 3 is 2.14 bits per heavy atom. The van der Waals surface area contributed by atoms with Gasteiger partial charge in [0.05, 0.1) is 6.26 Å². The van der Waals surface area contributed by atoms with Gasteiger partial charge in [0.1, 0.15) is 16.7 Å². The summed E-state index contributed by atoms with van der Waals surface area (Å²) in [4.78, 5) is 40.3. The van der Waals surface area contributed by atoms with Crippen molar-refractivity contribution in [2.75, 3.05) is 10.6 Å². The average molecular weight is 588 g/mol. The number of nitrogens with one attached hydrogen (secondary N) is 3. The molecule has 1 unspecified atom stereocenters. The molecule has 0 aliphatic heterocycles. The maximum absolute atomic E-state index is 13.4. The lowest BCUT2D eigenvalue weighted by Crippen LogP contribution is -2.30. The number of aryl methyl sites for hydroxylation is 1. The Morgan fingerprint density at radius 2 is 1.47 bits per heavy atom. The fraction of sp³-hybridized carbons (Fsp3) is 0.0571. The molecule has 0 aliphatic rings. The molecule has 0 bridgehead atoms. The predicted molar refractivity (Wildman–Crippen MR) is 171 cm³/mol. The number of benzene rings is 4. The summed E-state index contributed by atoms with van der Waals surface area (Å²) in [6.45, 7) is 1.98. The summed E-state index contributed by atoms with van der Waals surface area (Å²) in [7, 11) is 0. The summed E-state index contributed by atoms with van der Waals surface area (Å²) in [6, 6.07) is 36.5. The van der Waals surface area contributed by atoms with Crippen LogP contribution >= 0.6 is 11.8 Å². The number of anilines is 2. The van der Waals surface area contributed by atoms with Crippen LogP contribution in [0.5, 0.6) is 0 Å². The molecule has 0 fully saturated rings. The van der Waals surface area contributed by atoms with Crippen LogP contribution in [0.3, 0.4) is 0 Å². The average Bonchev–Trinajstić information content (AvgIpc) is 3.54. The molecule has 43 heavy (non-hydrogen) atoms. The second-order valence-electron chi connectivity index (χ2n) is 9.64. The van der Waals surface area contributed by atoms with Gasteiger partial charge in [-0.05, 0) is 78.7 Å². The third-order valence-corrected chi connectivity index (χ3v) is 7.62. The number of hydrogen-bond acceptors (Lipinski definition) is 5. The van der Waals surface area contributed by atoms with E-state index in [1.807, 2.05) is 79.7 Å². The molecule has 5 rings (SSSR count). The van der Waals surface area contributed by atoms with Crippen molar-refractivity contribution in [1.82, 2.24) is 5.32 Å². The van der Waals surface area contributed by atoms with Crippen LogP contribution in [-0.4, -0.2) is 17.7 Å². The number of rotatable bonds is 10. The van der Waals surface area contributed by atoms with Crippen LogP contribution in [0.1, 0.15) is 32.5 Å². The summed E-state index contributed by atoms with van der Waals surface area (Å²) in [5.74, 6) is -0.654. The largest absolute Gasteiger partial charge is 0.465 e. The van der Waals surface area contributed by atoms with Crippen molar-refractivity contribution < 1.29 is 18.8 Å². The molecular formula is C35H29N3O4S. The van der Waals surface area contributed by atoms with Crippen molar-refractivity contribution >= 4 is 46.9 Å². The van der Waals surface area contributed by atoms with Crippen molar-refractivity contribution in [1.29, 1.82) is 0 Å². The van der Waals surface area contributed by atoms with Gasteiger partial charge in [0.2, 0.25) is 5.91 Å². The van der Waals surface area contributed by atoms with E-state index in [0.717, 1.165) is 21.7 Å². The maximum atomic E-state index is 13.4. The lowest BCUT2D eigenvalue weighted by Gasteiger charge is -2.18. The number of hydrogen-bond donors (Lipinski definition) is 3. The van der Waals surface area contributed by atoms with Crippen LogP contribution in [0.4, 0.5) is 11.4 Å². The Hall–Kier alpha value is -5.34. The smallest absolute Gasteiger partial charge is 0.272 e. The topological polar surface area (TPSA) is 100 Å². The summed E-state index contributed by atoms with van der Waals surface area (Å²) in [6.07, 6.45) is 2.96. The number of thioether (sulfide) groups is 1. The van der Waals surface area contributed by atoms with Gasteiger partial charge in [-0.25, -0.2) is 0 Å².